The molecule has 0 saturated carbocycles. The van der Waals surface area contributed by atoms with Crippen molar-refractivity contribution in [1.82, 2.24) is 4.98 Å². The molecule has 1 aliphatic heterocycles. The van der Waals surface area contributed by atoms with Gasteiger partial charge in [-0.1, -0.05) is 36.4 Å². The second kappa shape index (κ2) is 5.21. The summed E-state index contributed by atoms with van der Waals surface area (Å²) in [6, 6.07) is 16.3. The van der Waals surface area contributed by atoms with Gasteiger partial charge in [-0.25, -0.2) is 0 Å². The Kier molecular flexibility index (Phi) is 3.19. The number of benzene rings is 2. The molecule has 1 aromatic heterocycles. The maximum atomic E-state index is 12.5. The molecule has 0 bridgehead atoms. The van der Waals surface area contributed by atoms with Crippen molar-refractivity contribution in [3.05, 3.63) is 54.1 Å². The zero-order chi connectivity index (χ0) is 15.1. The molecule has 1 aliphatic rings. The molecule has 2 heterocycles. The van der Waals surface area contributed by atoms with Crippen LogP contribution in [0.3, 0.4) is 0 Å². The van der Waals surface area contributed by atoms with Crippen molar-refractivity contribution in [3.63, 3.8) is 0 Å². The third-order valence-corrected chi connectivity index (χ3v) is 5.18. The molecule has 1 N–H and O–H groups in total. The first-order valence-corrected chi connectivity index (χ1v) is 8.21. The Morgan fingerprint density at radius 3 is 2.82 bits per heavy atom. The first-order valence-electron chi connectivity index (χ1n) is 7.33. The zero-order valence-corrected chi connectivity index (χ0v) is 12.9. The molecule has 2 aromatic carbocycles. The van der Waals surface area contributed by atoms with E-state index in [1.54, 1.807) is 11.8 Å². The maximum absolute atomic E-state index is 12.5. The second-order valence-electron chi connectivity index (χ2n) is 5.21. The van der Waals surface area contributed by atoms with Crippen LogP contribution in [0.1, 0.15) is 17.7 Å². The standard InChI is InChI=1S/C18H15NO2S/c1-2-21-18(20)17-15-11-7-3-5-9-13(11)19-16(15)12-8-4-6-10-14(12)22-17/h3-10,17,19H,2H2,1H3. The number of para-hydroxylation sites is 1. The topological polar surface area (TPSA) is 42.1 Å². The van der Waals surface area contributed by atoms with Gasteiger partial charge in [0.25, 0.3) is 0 Å². The lowest BCUT2D eigenvalue weighted by molar-refractivity contribution is -0.142. The number of hydrogen-bond acceptors (Lipinski definition) is 3. The molecule has 3 nitrogen and oxygen atoms in total. The van der Waals surface area contributed by atoms with Gasteiger partial charge < -0.3 is 9.72 Å². The van der Waals surface area contributed by atoms with Gasteiger partial charge >= 0.3 is 5.97 Å². The summed E-state index contributed by atoms with van der Waals surface area (Å²) in [5.41, 5.74) is 4.28. The Hall–Kier alpha value is -2.20. The van der Waals surface area contributed by atoms with E-state index in [0.717, 1.165) is 32.6 Å². The summed E-state index contributed by atoms with van der Waals surface area (Å²) < 4.78 is 5.30. The predicted octanol–water partition coefficient (Wildman–Crippen LogP) is 4.54. The lowest BCUT2D eigenvalue weighted by atomic mass is 10.0. The summed E-state index contributed by atoms with van der Waals surface area (Å²) in [6.07, 6.45) is 0. The number of ether oxygens (including phenoxy) is 1. The molecule has 0 fully saturated rings. The smallest absolute Gasteiger partial charge is 0.324 e. The summed E-state index contributed by atoms with van der Waals surface area (Å²) in [7, 11) is 0. The summed E-state index contributed by atoms with van der Waals surface area (Å²) in [4.78, 5) is 17.0. The van der Waals surface area contributed by atoms with Gasteiger partial charge in [0.2, 0.25) is 0 Å². The molecule has 0 saturated heterocycles. The van der Waals surface area contributed by atoms with Crippen LogP contribution in [0.25, 0.3) is 22.2 Å². The lowest BCUT2D eigenvalue weighted by Crippen LogP contribution is -2.16. The number of thioether (sulfide) groups is 1. The minimum absolute atomic E-state index is 0.173. The number of carbonyl (C=O) groups excluding carboxylic acids is 1. The number of aromatic amines is 1. The van der Waals surface area contributed by atoms with Crippen LogP contribution in [0.4, 0.5) is 0 Å². The van der Waals surface area contributed by atoms with Gasteiger partial charge in [0, 0.05) is 26.9 Å². The van der Waals surface area contributed by atoms with Crippen LogP contribution >= 0.6 is 11.8 Å². The molecule has 0 amide bonds. The largest absolute Gasteiger partial charge is 0.465 e. The quantitative estimate of drug-likeness (QED) is 0.706. The van der Waals surface area contributed by atoms with Crippen molar-refractivity contribution in [1.29, 1.82) is 0 Å². The van der Waals surface area contributed by atoms with E-state index in [4.69, 9.17) is 4.74 Å². The van der Waals surface area contributed by atoms with Crippen LogP contribution in [0.15, 0.2) is 53.4 Å². The van der Waals surface area contributed by atoms with E-state index in [2.05, 4.69) is 23.2 Å². The fourth-order valence-corrected chi connectivity index (χ4v) is 4.23. The molecule has 1 atom stereocenters. The monoisotopic (exact) mass is 309 g/mol. The molecule has 0 radical (unpaired) electrons. The van der Waals surface area contributed by atoms with E-state index in [9.17, 15) is 4.79 Å². The van der Waals surface area contributed by atoms with Crippen molar-refractivity contribution in [2.75, 3.05) is 6.61 Å². The average Bonchev–Trinajstić information content (AvgIpc) is 2.94. The Balaban J connectivity index is 1.99. The number of carbonyl (C=O) groups is 1. The van der Waals surface area contributed by atoms with Crippen LogP contribution in [0.2, 0.25) is 0 Å². The average molecular weight is 309 g/mol. The van der Waals surface area contributed by atoms with Gasteiger partial charge in [-0.15, -0.1) is 11.8 Å². The highest BCUT2D eigenvalue weighted by Gasteiger charge is 2.34. The van der Waals surface area contributed by atoms with Crippen molar-refractivity contribution in [3.8, 4) is 11.3 Å². The number of nitrogens with one attached hydrogen (secondary N) is 1. The minimum Gasteiger partial charge on any atom is -0.465 e. The Bertz CT molecular complexity index is 868. The van der Waals surface area contributed by atoms with Crippen LogP contribution in [-0.2, 0) is 9.53 Å². The Morgan fingerprint density at radius 1 is 1.18 bits per heavy atom. The first-order chi connectivity index (χ1) is 10.8. The zero-order valence-electron chi connectivity index (χ0n) is 12.1. The molecule has 4 rings (SSSR count). The lowest BCUT2D eigenvalue weighted by Gasteiger charge is -2.23. The number of aromatic nitrogens is 1. The van der Waals surface area contributed by atoms with E-state index in [1.807, 2.05) is 37.3 Å². The number of hydrogen-bond donors (Lipinski definition) is 1. The normalized spacial score (nSPS) is 16.1. The summed E-state index contributed by atoms with van der Waals surface area (Å²) in [6.45, 7) is 2.24. The van der Waals surface area contributed by atoms with Crippen molar-refractivity contribution in [2.45, 2.75) is 17.1 Å². The van der Waals surface area contributed by atoms with Gasteiger partial charge in [-0.3, -0.25) is 4.79 Å². The molecule has 0 spiro atoms. The van der Waals surface area contributed by atoms with Gasteiger partial charge in [0.1, 0.15) is 5.25 Å². The molecule has 1 unspecified atom stereocenters. The van der Waals surface area contributed by atoms with Gasteiger partial charge in [0.05, 0.1) is 12.3 Å². The third kappa shape index (κ3) is 1.95. The summed E-state index contributed by atoms with van der Waals surface area (Å²) in [5, 5.41) is 0.776. The van der Waals surface area contributed by atoms with E-state index >= 15 is 0 Å². The molecule has 3 aromatic rings. The van der Waals surface area contributed by atoms with Crippen LogP contribution in [0, 0.1) is 0 Å². The molecule has 4 heteroatoms. The van der Waals surface area contributed by atoms with Gasteiger partial charge in [0.15, 0.2) is 0 Å². The highest BCUT2D eigenvalue weighted by atomic mass is 32.2. The highest BCUT2D eigenvalue weighted by molar-refractivity contribution is 8.00. The number of fused-ring (bicyclic) bond motifs is 5. The van der Waals surface area contributed by atoms with Crippen LogP contribution < -0.4 is 0 Å². The summed E-state index contributed by atoms with van der Waals surface area (Å²) in [5.74, 6) is -0.173. The van der Waals surface area contributed by atoms with Crippen LogP contribution in [0.5, 0.6) is 0 Å². The first kappa shape index (κ1) is 13.5. The maximum Gasteiger partial charge on any atom is 0.324 e. The number of esters is 1. The second-order valence-corrected chi connectivity index (χ2v) is 6.35. The molecule has 22 heavy (non-hydrogen) atoms. The molecular weight excluding hydrogens is 294 g/mol. The number of rotatable bonds is 2. The third-order valence-electron chi connectivity index (χ3n) is 3.91. The fourth-order valence-electron chi connectivity index (χ4n) is 2.99. The highest BCUT2D eigenvalue weighted by Crippen LogP contribution is 2.51. The SMILES string of the molecule is CCOC(=O)C1Sc2ccccc2-c2[nH]c3ccccc3c21. The minimum atomic E-state index is -0.319. The predicted molar refractivity (Wildman–Crippen MR) is 89.0 cm³/mol. The van der Waals surface area contributed by atoms with E-state index < -0.39 is 0 Å². The molecule has 0 aliphatic carbocycles. The Morgan fingerprint density at radius 2 is 1.95 bits per heavy atom. The summed E-state index contributed by atoms with van der Waals surface area (Å²) >= 11 is 1.57. The van der Waals surface area contributed by atoms with Crippen LogP contribution in [-0.4, -0.2) is 17.6 Å². The van der Waals surface area contributed by atoms with E-state index in [1.165, 1.54) is 0 Å². The number of H-pyrrole nitrogens is 1. The van der Waals surface area contributed by atoms with Gasteiger partial charge in [-0.2, -0.15) is 0 Å². The van der Waals surface area contributed by atoms with Crippen molar-refractivity contribution < 1.29 is 9.53 Å². The molecular formula is C18H15NO2S. The van der Waals surface area contributed by atoms with Crippen molar-refractivity contribution >= 4 is 28.6 Å². The fraction of sp³-hybridized carbons (Fsp3) is 0.167. The van der Waals surface area contributed by atoms with Crippen molar-refractivity contribution in [2.24, 2.45) is 0 Å². The van der Waals surface area contributed by atoms with E-state index in [-0.39, 0.29) is 11.2 Å². The Labute approximate surface area is 132 Å². The van der Waals surface area contributed by atoms with E-state index in [0.29, 0.717) is 6.61 Å². The molecule has 110 valence electrons. The van der Waals surface area contributed by atoms with Gasteiger partial charge in [-0.05, 0) is 19.1 Å².